The van der Waals surface area contributed by atoms with Gasteiger partial charge in [-0.15, -0.1) is 11.3 Å². The molecule has 1 N–H and O–H groups in total. The van der Waals surface area contributed by atoms with Crippen molar-refractivity contribution >= 4 is 23.2 Å². The third kappa shape index (κ3) is 4.70. The summed E-state index contributed by atoms with van der Waals surface area (Å²) in [7, 11) is 3.29. The van der Waals surface area contributed by atoms with Gasteiger partial charge in [0.1, 0.15) is 5.75 Å². The van der Waals surface area contributed by atoms with Gasteiger partial charge in [0.2, 0.25) is 11.8 Å². The number of thiophene rings is 1. The molecule has 1 aromatic heterocycles. The van der Waals surface area contributed by atoms with Crippen LogP contribution in [0.15, 0.2) is 66.0 Å². The van der Waals surface area contributed by atoms with Gasteiger partial charge >= 0.3 is 0 Å². The number of carbonyl (C=O) groups is 2. The minimum atomic E-state index is -0.608. The maximum Gasteiger partial charge on any atom is 0.228 e. The third-order valence-electron chi connectivity index (χ3n) is 6.21. The van der Waals surface area contributed by atoms with Gasteiger partial charge in [0.15, 0.2) is 0 Å². The van der Waals surface area contributed by atoms with Crippen LogP contribution in [-0.2, 0) is 22.4 Å². The van der Waals surface area contributed by atoms with Crippen LogP contribution in [0.25, 0.3) is 10.4 Å². The Balaban J connectivity index is 1.47. The smallest absolute Gasteiger partial charge is 0.228 e. The largest absolute Gasteiger partial charge is 0.497 e. The third-order valence-corrected chi connectivity index (χ3v) is 7.13. The van der Waals surface area contributed by atoms with Crippen molar-refractivity contribution < 1.29 is 14.3 Å². The maximum atomic E-state index is 13.0. The molecule has 1 fully saturated rings. The Hall–Kier alpha value is -3.12. The van der Waals surface area contributed by atoms with Crippen molar-refractivity contribution in [3.63, 3.8) is 0 Å². The van der Waals surface area contributed by atoms with Crippen LogP contribution in [0.1, 0.15) is 17.5 Å². The highest BCUT2D eigenvalue weighted by atomic mass is 32.1. The Labute approximate surface area is 193 Å². The number of benzene rings is 2. The molecule has 3 aromatic rings. The van der Waals surface area contributed by atoms with Crippen molar-refractivity contribution in [3.05, 3.63) is 77.2 Å². The molecule has 6 heteroatoms. The first-order valence-electron chi connectivity index (χ1n) is 10.8. The minimum Gasteiger partial charge on any atom is -0.497 e. The second-order valence-corrected chi connectivity index (χ2v) is 9.25. The quantitative estimate of drug-likeness (QED) is 0.590. The van der Waals surface area contributed by atoms with Gasteiger partial charge in [0.05, 0.1) is 18.9 Å². The molecule has 0 spiro atoms. The monoisotopic (exact) mass is 448 g/mol. The summed E-state index contributed by atoms with van der Waals surface area (Å²) in [5.74, 6) is 0.774. The van der Waals surface area contributed by atoms with Gasteiger partial charge in [-0.1, -0.05) is 42.5 Å². The molecule has 1 aliphatic rings. The number of hydrogen-bond donors (Lipinski definition) is 1. The van der Waals surface area contributed by atoms with Crippen LogP contribution in [0.4, 0.5) is 0 Å². The first-order chi connectivity index (χ1) is 15.5. The molecule has 0 saturated carbocycles. The fourth-order valence-electron chi connectivity index (χ4n) is 4.45. The van der Waals surface area contributed by atoms with Crippen molar-refractivity contribution in [1.82, 2.24) is 10.2 Å². The van der Waals surface area contributed by atoms with Crippen LogP contribution >= 0.6 is 11.3 Å². The van der Waals surface area contributed by atoms with Gasteiger partial charge < -0.3 is 15.0 Å². The van der Waals surface area contributed by atoms with E-state index in [0.717, 1.165) is 16.9 Å². The van der Waals surface area contributed by atoms with Gasteiger partial charge in [-0.3, -0.25) is 9.59 Å². The van der Waals surface area contributed by atoms with Crippen LogP contribution in [0.2, 0.25) is 0 Å². The van der Waals surface area contributed by atoms with Gasteiger partial charge in [0.25, 0.3) is 0 Å². The van der Waals surface area contributed by atoms with Crippen molar-refractivity contribution in [2.24, 2.45) is 5.41 Å². The van der Waals surface area contributed by atoms with Crippen molar-refractivity contribution in [2.75, 3.05) is 27.2 Å². The Morgan fingerprint density at radius 2 is 1.91 bits per heavy atom. The number of amides is 2. The standard InChI is InChI=1S/C26H28N2O3S/c1-27-25(30)26(17-19-8-10-21(11-9-19)23-7-4-14-32-23)12-13-28(18-26)24(29)16-20-5-3-6-22(15-20)31-2/h3-11,14-15H,12-13,16-18H2,1-2H3,(H,27,30)/t26-/m0/s1. The number of likely N-dealkylation sites (tertiary alicyclic amines) is 1. The van der Waals surface area contributed by atoms with Gasteiger partial charge in [-0.2, -0.15) is 0 Å². The van der Waals surface area contributed by atoms with Crippen LogP contribution < -0.4 is 10.1 Å². The summed E-state index contributed by atoms with van der Waals surface area (Å²) < 4.78 is 5.26. The Kier molecular flexibility index (Phi) is 6.61. The van der Waals surface area contributed by atoms with Crippen LogP contribution in [0.3, 0.4) is 0 Å². The Bertz CT molecular complexity index is 1080. The molecule has 0 radical (unpaired) electrons. The molecule has 1 atom stereocenters. The summed E-state index contributed by atoms with van der Waals surface area (Å²) in [6.07, 6.45) is 1.57. The second kappa shape index (κ2) is 9.57. The molecule has 4 rings (SSSR count). The number of hydrogen-bond acceptors (Lipinski definition) is 4. The zero-order chi connectivity index (χ0) is 22.6. The average molecular weight is 449 g/mol. The predicted octanol–water partition coefficient (Wildman–Crippen LogP) is 4.17. The number of carbonyl (C=O) groups excluding carboxylic acids is 2. The normalized spacial score (nSPS) is 17.9. The lowest BCUT2D eigenvalue weighted by Gasteiger charge is -2.28. The number of nitrogens with zero attached hydrogens (tertiary/aromatic N) is 1. The minimum absolute atomic E-state index is 0.00323. The highest BCUT2D eigenvalue weighted by Gasteiger charge is 2.45. The van der Waals surface area contributed by atoms with Crippen molar-refractivity contribution in [3.8, 4) is 16.2 Å². The van der Waals surface area contributed by atoms with E-state index in [1.54, 1.807) is 25.5 Å². The van der Waals surface area contributed by atoms with E-state index < -0.39 is 5.41 Å². The van der Waals surface area contributed by atoms with E-state index in [1.807, 2.05) is 35.2 Å². The molecular formula is C26H28N2O3S. The van der Waals surface area contributed by atoms with Gasteiger partial charge in [-0.25, -0.2) is 0 Å². The summed E-state index contributed by atoms with van der Waals surface area (Å²) >= 11 is 1.71. The molecular weight excluding hydrogens is 420 g/mol. The average Bonchev–Trinajstić information content (AvgIpc) is 3.50. The maximum absolute atomic E-state index is 13.0. The van der Waals surface area contributed by atoms with Crippen LogP contribution in [0, 0.1) is 5.41 Å². The second-order valence-electron chi connectivity index (χ2n) is 8.30. The molecule has 0 aliphatic carbocycles. The van der Waals surface area contributed by atoms with Gasteiger partial charge in [-0.05, 0) is 53.1 Å². The Morgan fingerprint density at radius 1 is 1.09 bits per heavy atom. The van der Waals surface area contributed by atoms with E-state index in [-0.39, 0.29) is 11.8 Å². The van der Waals surface area contributed by atoms with E-state index in [2.05, 4.69) is 41.0 Å². The van der Waals surface area contributed by atoms with Gasteiger partial charge in [0, 0.05) is 25.0 Å². The summed E-state index contributed by atoms with van der Waals surface area (Å²) in [4.78, 5) is 29.0. The number of nitrogens with one attached hydrogen (secondary N) is 1. The molecule has 2 heterocycles. The summed E-state index contributed by atoms with van der Waals surface area (Å²) in [6, 6.07) is 20.1. The summed E-state index contributed by atoms with van der Waals surface area (Å²) in [6.45, 7) is 1.02. The topological polar surface area (TPSA) is 58.6 Å². The molecule has 5 nitrogen and oxygen atoms in total. The molecule has 0 unspecified atom stereocenters. The van der Waals surface area contributed by atoms with E-state index in [9.17, 15) is 9.59 Å². The highest BCUT2D eigenvalue weighted by molar-refractivity contribution is 7.13. The van der Waals surface area contributed by atoms with E-state index >= 15 is 0 Å². The fraction of sp³-hybridized carbons (Fsp3) is 0.308. The Morgan fingerprint density at radius 3 is 2.59 bits per heavy atom. The first-order valence-corrected chi connectivity index (χ1v) is 11.7. The van der Waals surface area contributed by atoms with Crippen molar-refractivity contribution in [2.45, 2.75) is 19.3 Å². The van der Waals surface area contributed by atoms with E-state index in [4.69, 9.17) is 4.74 Å². The SMILES string of the molecule is CNC(=O)[C@]1(Cc2ccc(-c3cccs3)cc2)CCN(C(=O)Cc2cccc(OC)c2)C1. The molecule has 2 aromatic carbocycles. The number of ether oxygens (including phenoxy) is 1. The lowest BCUT2D eigenvalue weighted by Crippen LogP contribution is -2.44. The lowest BCUT2D eigenvalue weighted by atomic mass is 9.79. The number of rotatable bonds is 7. The van der Waals surface area contributed by atoms with E-state index in [1.165, 1.54) is 10.4 Å². The van der Waals surface area contributed by atoms with Crippen LogP contribution in [-0.4, -0.2) is 44.0 Å². The molecule has 32 heavy (non-hydrogen) atoms. The zero-order valence-electron chi connectivity index (χ0n) is 18.5. The van der Waals surface area contributed by atoms with Crippen LogP contribution in [0.5, 0.6) is 5.75 Å². The molecule has 2 amide bonds. The zero-order valence-corrected chi connectivity index (χ0v) is 19.3. The lowest BCUT2D eigenvalue weighted by molar-refractivity contribution is -0.132. The number of methoxy groups -OCH3 is 1. The first kappa shape index (κ1) is 22.1. The predicted molar refractivity (Wildman–Crippen MR) is 128 cm³/mol. The molecule has 0 bridgehead atoms. The summed E-state index contributed by atoms with van der Waals surface area (Å²) in [5, 5.41) is 4.90. The molecule has 1 saturated heterocycles. The molecule has 166 valence electrons. The summed E-state index contributed by atoms with van der Waals surface area (Å²) in [5.41, 5.74) is 2.59. The van der Waals surface area contributed by atoms with Crippen molar-refractivity contribution in [1.29, 1.82) is 0 Å². The fourth-order valence-corrected chi connectivity index (χ4v) is 5.18. The highest BCUT2D eigenvalue weighted by Crippen LogP contribution is 2.36. The van der Waals surface area contributed by atoms with E-state index in [0.29, 0.717) is 32.4 Å². The molecule has 1 aliphatic heterocycles.